The van der Waals surface area contributed by atoms with Crippen LogP contribution in [0.3, 0.4) is 0 Å². The topological polar surface area (TPSA) is 68.3 Å². The minimum atomic E-state index is -0.915. The van der Waals surface area contributed by atoms with Gasteiger partial charge in [-0.15, -0.1) is 0 Å². The Morgan fingerprint density at radius 3 is 1.25 bits per heavy atom. The predicted molar refractivity (Wildman–Crippen MR) is 39.0 cm³/mol. The van der Waals surface area contributed by atoms with E-state index in [2.05, 4.69) is 0 Å². The Kier molecular flexibility index (Phi) is 5.69. The molecule has 0 aliphatic heterocycles. The van der Waals surface area contributed by atoms with Crippen LogP contribution in [0, 0.1) is 11.8 Å². The van der Waals surface area contributed by atoms with E-state index < -0.39 is 11.8 Å². The summed E-state index contributed by atoms with van der Waals surface area (Å²) in [7, 11) is 0. The van der Waals surface area contributed by atoms with Crippen LogP contribution in [0.25, 0.3) is 0 Å². The molecule has 4 radical (unpaired) electrons. The average Bonchev–Trinajstić information content (AvgIpc) is 2.11. The van der Waals surface area contributed by atoms with Crippen LogP contribution >= 0.6 is 0 Å². The van der Waals surface area contributed by atoms with Crippen LogP contribution in [0.15, 0.2) is 0 Å². The van der Waals surface area contributed by atoms with Gasteiger partial charge in [-0.3, -0.25) is 19.2 Å². The van der Waals surface area contributed by atoms with Crippen molar-refractivity contribution in [2.75, 3.05) is 0 Å². The molecule has 0 spiro atoms. The summed E-state index contributed by atoms with van der Waals surface area (Å²) in [4.78, 5) is 40.0. The molecule has 0 aromatic rings. The summed E-state index contributed by atoms with van der Waals surface area (Å²) in [6.45, 7) is 0. The van der Waals surface area contributed by atoms with Crippen LogP contribution in [0.4, 0.5) is 0 Å². The summed E-state index contributed by atoms with van der Waals surface area (Å²) < 4.78 is 0. The first-order valence-corrected chi connectivity index (χ1v) is 3.25. The van der Waals surface area contributed by atoms with E-state index in [1.165, 1.54) is 25.1 Å². The van der Waals surface area contributed by atoms with Gasteiger partial charge in [-0.05, 0) is 0 Å². The molecule has 0 heterocycles. The molecule has 0 N–H and O–H groups in total. The average molecular weight is 166 g/mol. The van der Waals surface area contributed by atoms with E-state index in [0.29, 0.717) is 0 Å². The van der Waals surface area contributed by atoms with E-state index in [1.54, 1.807) is 0 Å². The van der Waals surface area contributed by atoms with E-state index in [4.69, 9.17) is 0 Å². The molecule has 0 rings (SSSR count). The summed E-state index contributed by atoms with van der Waals surface area (Å²) in [5, 5.41) is 0. The van der Waals surface area contributed by atoms with Crippen LogP contribution in [0.5, 0.6) is 0 Å². The van der Waals surface area contributed by atoms with Crippen molar-refractivity contribution in [1.82, 2.24) is 0 Å². The smallest absolute Gasteiger partial charge is 0.202 e. The normalized spacial score (nSPS) is 14.3. The van der Waals surface area contributed by atoms with Crippen LogP contribution in [0.2, 0.25) is 0 Å². The van der Waals surface area contributed by atoms with Crippen molar-refractivity contribution in [2.45, 2.75) is 12.8 Å². The van der Waals surface area contributed by atoms with Crippen molar-refractivity contribution in [3.63, 3.8) is 0 Å². The molecule has 4 heteroatoms. The molecule has 0 aliphatic rings. The fourth-order valence-corrected chi connectivity index (χ4v) is 0.712. The fourth-order valence-electron chi connectivity index (χ4n) is 0.712. The quantitative estimate of drug-likeness (QED) is 0.508. The molecule has 0 saturated carbocycles. The number of rotatable bonds is 7. The van der Waals surface area contributed by atoms with Crippen molar-refractivity contribution < 1.29 is 19.2 Å². The molecule has 0 aromatic heterocycles. The third-order valence-electron chi connectivity index (χ3n) is 1.39. The molecule has 2 atom stereocenters. The molecule has 4 nitrogen and oxygen atoms in total. The first kappa shape index (κ1) is 10.7. The SMILES string of the molecule is O=[C]CC([C]=O)C([C]=O)C[C]=O. The zero-order valence-corrected chi connectivity index (χ0v) is 6.20. The standard InChI is InChI=1S/C8H6O4/c9-3-1-7(5-11)8(6-12)2-4-10/h7-8H,1-2H2. The largest absolute Gasteiger partial charge is 0.291 e. The first-order chi connectivity index (χ1) is 5.79. The van der Waals surface area contributed by atoms with Crippen LogP contribution in [-0.4, -0.2) is 25.1 Å². The second kappa shape index (κ2) is 6.39. The first-order valence-electron chi connectivity index (χ1n) is 3.25. The lowest BCUT2D eigenvalue weighted by Gasteiger charge is -2.08. The molecule has 62 valence electrons. The number of hydrogen-bond donors (Lipinski definition) is 0. The van der Waals surface area contributed by atoms with Crippen LogP contribution in [-0.2, 0) is 19.2 Å². The predicted octanol–water partition coefficient (Wildman–Crippen LogP) is -0.562. The highest BCUT2D eigenvalue weighted by molar-refractivity contribution is 5.72. The second-order valence-corrected chi connectivity index (χ2v) is 2.15. The van der Waals surface area contributed by atoms with Crippen LogP contribution < -0.4 is 0 Å². The zero-order chi connectivity index (χ0) is 9.40. The monoisotopic (exact) mass is 166 g/mol. The van der Waals surface area contributed by atoms with E-state index in [1.807, 2.05) is 0 Å². The second-order valence-electron chi connectivity index (χ2n) is 2.15. The maximum absolute atomic E-state index is 10.2. The van der Waals surface area contributed by atoms with Gasteiger partial charge in [0.05, 0.1) is 0 Å². The fraction of sp³-hybridized carbons (Fsp3) is 0.500. The Morgan fingerprint density at radius 2 is 1.08 bits per heavy atom. The Hall–Kier alpha value is -1.32. The van der Waals surface area contributed by atoms with Gasteiger partial charge in [-0.25, -0.2) is 0 Å². The molecule has 0 saturated heterocycles. The zero-order valence-electron chi connectivity index (χ0n) is 6.20. The molecule has 0 aliphatic carbocycles. The van der Waals surface area contributed by atoms with Gasteiger partial charge in [0.25, 0.3) is 0 Å². The van der Waals surface area contributed by atoms with Gasteiger partial charge in [-0.1, -0.05) is 0 Å². The lowest BCUT2D eigenvalue weighted by atomic mass is 9.90. The van der Waals surface area contributed by atoms with Gasteiger partial charge < -0.3 is 0 Å². The van der Waals surface area contributed by atoms with Crippen molar-refractivity contribution in [3.05, 3.63) is 0 Å². The highest BCUT2D eigenvalue weighted by Crippen LogP contribution is 2.12. The summed E-state index contributed by atoms with van der Waals surface area (Å²) >= 11 is 0. The highest BCUT2D eigenvalue weighted by atomic mass is 16.1. The molecule has 2 unspecified atom stereocenters. The molecule has 0 fully saturated rings. The maximum Gasteiger partial charge on any atom is 0.202 e. The third-order valence-corrected chi connectivity index (χ3v) is 1.39. The molecule has 0 aromatic carbocycles. The summed E-state index contributed by atoms with van der Waals surface area (Å²) in [5.41, 5.74) is 0. The maximum atomic E-state index is 10.2. The van der Waals surface area contributed by atoms with E-state index in [-0.39, 0.29) is 12.8 Å². The molecular weight excluding hydrogens is 160 g/mol. The van der Waals surface area contributed by atoms with E-state index >= 15 is 0 Å². The van der Waals surface area contributed by atoms with E-state index in [9.17, 15) is 19.2 Å². The lowest BCUT2D eigenvalue weighted by molar-refractivity contribution is 0.440. The van der Waals surface area contributed by atoms with Gasteiger partial charge in [0.15, 0.2) is 12.6 Å². The van der Waals surface area contributed by atoms with Crippen molar-refractivity contribution in [3.8, 4) is 0 Å². The number of carbonyl (C=O) groups excluding carboxylic acids is 4. The van der Waals surface area contributed by atoms with Gasteiger partial charge >= 0.3 is 0 Å². The van der Waals surface area contributed by atoms with Crippen molar-refractivity contribution in [1.29, 1.82) is 0 Å². The Morgan fingerprint density at radius 1 is 0.750 bits per heavy atom. The summed E-state index contributed by atoms with van der Waals surface area (Å²) in [6, 6.07) is 0. The molecular formula is C8H6O4. The van der Waals surface area contributed by atoms with Crippen LogP contribution in [0.1, 0.15) is 12.8 Å². The van der Waals surface area contributed by atoms with Gasteiger partial charge in [0.2, 0.25) is 12.6 Å². The molecule has 0 amide bonds. The highest BCUT2D eigenvalue weighted by Gasteiger charge is 2.21. The Labute approximate surface area is 69.9 Å². The number of hydrogen-bond acceptors (Lipinski definition) is 4. The summed E-state index contributed by atoms with van der Waals surface area (Å²) in [6.07, 6.45) is 5.45. The summed E-state index contributed by atoms with van der Waals surface area (Å²) in [5.74, 6) is -1.83. The Balaban J connectivity index is 4.19. The van der Waals surface area contributed by atoms with E-state index in [0.717, 1.165) is 0 Å². The van der Waals surface area contributed by atoms with Gasteiger partial charge in [0, 0.05) is 24.7 Å². The van der Waals surface area contributed by atoms with Crippen molar-refractivity contribution in [2.24, 2.45) is 11.8 Å². The molecule has 0 bridgehead atoms. The molecule has 12 heavy (non-hydrogen) atoms. The van der Waals surface area contributed by atoms with Gasteiger partial charge in [0.1, 0.15) is 0 Å². The minimum Gasteiger partial charge on any atom is -0.291 e. The lowest BCUT2D eigenvalue weighted by Crippen LogP contribution is -2.18. The van der Waals surface area contributed by atoms with Crippen molar-refractivity contribution >= 4 is 25.1 Å². The minimum absolute atomic E-state index is 0.231. The van der Waals surface area contributed by atoms with Gasteiger partial charge in [-0.2, -0.15) is 0 Å². The third kappa shape index (κ3) is 3.18. The Bertz CT molecular complexity index is 156.